The number of likely N-dealkylation sites (tertiary alicyclic amines) is 1. The summed E-state index contributed by atoms with van der Waals surface area (Å²) in [4.78, 5) is 27.1. The zero-order valence-corrected chi connectivity index (χ0v) is 16.7. The first-order valence-corrected chi connectivity index (χ1v) is 9.96. The van der Waals surface area contributed by atoms with E-state index in [1.165, 1.54) is 10.7 Å². The number of piperidine rings is 1. The van der Waals surface area contributed by atoms with Crippen LogP contribution in [0.3, 0.4) is 0 Å². The Kier molecular flexibility index (Phi) is 5.76. The van der Waals surface area contributed by atoms with Gasteiger partial charge in [0.15, 0.2) is 5.82 Å². The van der Waals surface area contributed by atoms with Crippen LogP contribution in [0.25, 0.3) is 5.69 Å². The average molecular weight is 417 g/mol. The van der Waals surface area contributed by atoms with Crippen molar-refractivity contribution in [3.63, 3.8) is 0 Å². The number of nitrogens with zero attached hydrogens (tertiary/aromatic N) is 4. The molecule has 1 aliphatic rings. The molecule has 2 aromatic carbocycles. The first kappa shape index (κ1) is 20.3. The molecule has 0 spiro atoms. The van der Waals surface area contributed by atoms with Gasteiger partial charge in [0.25, 0.3) is 5.91 Å². The largest absolute Gasteiger partial charge is 0.339 e. The molecule has 31 heavy (non-hydrogen) atoms. The Labute approximate surface area is 178 Å². The minimum Gasteiger partial charge on any atom is -0.339 e. The minimum absolute atomic E-state index is 0.177. The van der Waals surface area contributed by atoms with Gasteiger partial charge in [-0.1, -0.05) is 24.3 Å². The SMILES string of the molecule is N#Cc1ccccc1C(=O)N1CCC(C(=O)Nc2ccn(-c3ccccc3F)n2)CC1. The second-order valence-corrected chi connectivity index (χ2v) is 7.31. The molecule has 156 valence electrons. The van der Waals surface area contributed by atoms with Crippen LogP contribution >= 0.6 is 0 Å². The van der Waals surface area contributed by atoms with E-state index in [-0.39, 0.29) is 17.7 Å². The third kappa shape index (κ3) is 4.31. The van der Waals surface area contributed by atoms with E-state index < -0.39 is 5.82 Å². The number of nitrogens with one attached hydrogen (secondary N) is 1. The molecular formula is C23H20FN5O2. The number of anilines is 1. The Morgan fingerprint density at radius 2 is 1.77 bits per heavy atom. The predicted octanol–water partition coefficient (Wildman–Crippen LogP) is 3.37. The molecule has 1 N–H and O–H groups in total. The highest BCUT2D eigenvalue weighted by Gasteiger charge is 2.29. The van der Waals surface area contributed by atoms with Crippen molar-refractivity contribution in [1.29, 1.82) is 5.26 Å². The third-order valence-electron chi connectivity index (χ3n) is 5.37. The fourth-order valence-corrected chi connectivity index (χ4v) is 3.67. The number of hydrogen-bond donors (Lipinski definition) is 1. The van der Waals surface area contributed by atoms with Gasteiger partial charge in [-0.25, -0.2) is 9.07 Å². The molecule has 3 aromatic rings. The second-order valence-electron chi connectivity index (χ2n) is 7.31. The number of nitriles is 1. The zero-order valence-electron chi connectivity index (χ0n) is 16.7. The van der Waals surface area contributed by atoms with Crippen LogP contribution in [0.15, 0.2) is 60.8 Å². The molecule has 1 aromatic heterocycles. The molecule has 2 amide bonds. The Morgan fingerprint density at radius 3 is 2.52 bits per heavy atom. The summed E-state index contributed by atoms with van der Waals surface area (Å²) in [7, 11) is 0. The Bertz CT molecular complexity index is 1160. The lowest BCUT2D eigenvalue weighted by molar-refractivity contribution is -0.121. The zero-order chi connectivity index (χ0) is 21.8. The summed E-state index contributed by atoms with van der Waals surface area (Å²) in [6, 6.07) is 16.6. The highest BCUT2D eigenvalue weighted by Crippen LogP contribution is 2.22. The van der Waals surface area contributed by atoms with E-state index in [9.17, 15) is 19.2 Å². The van der Waals surface area contributed by atoms with Gasteiger partial charge >= 0.3 is 0 Å². The standard InChI is InChI=1S/C23H20FN5O2/c24-19-7-3-4-8-20(19)29-14-11-21(27-29)26-22(30)16-9-12-28(13-10-16)23(31)18-6-2-1-5-17(18)15-25/h1-8,11,14,16H,9-10,12-13H2,(H,26,27,30). The van der Waals surface area contributed by atoms with Gasteiger partial charge in [0.2, 0.25) is 5.91 Å². The van der Waals surface area contributed by atoms with E-state index in [4.69, 9.17) is 0 Å². The van der Waals surface area contributed by atoms with E-state index in [1.54, 1.807) is 59.6 Å². The molecule has 0 bridgehead atoms. The molecule has 1 fully saturated rings. The quantitative estimate of drug-likeness (QED) is 0.705. The van der Waals surface area contributed by atoms with Crippen molar-refractivity contribution in [1.82, 2.24) is 14.7 Å². The van der Waals surface area contributed by atoms with E-state index in [0.717, 1.165) is 0 Å². The molecule has 4 rings (SSSR count). The number of benzene rings is 2. The molecule has 8 heteroatoms. The Balaban J connectivity index is 1.35. The van der Waals surface area contributed by atoms with Gasteiger partial charge in [0, 0.05) is 31.3 Å². The summed E-state index contributed by atoms with van der Waals surface area (Å²) in [6.45, 7) is 0.862. The Morgan fingerprint density at radius 1 is 1.06 bits per heavy atom. The summed E-state index contributed by atoms with van der Waals surface area (Å²) in [5.74, 6) is -0.690. The first-order valence-electron chi connectivity index (χ1n) is 9.96. The molecular weight excluding hydrogens is 397 g/mol. The maximum atomic E-state index is 13.9. The van der Waals surface area contributed by atoms with Crippen LogP contribution in [0.2, 0.25) is 0 Å². The molecule has 0 saturated carbocycles. The summed E-state index contributed by atoms with van der Waals surface area (Å²) >= 11 is 0. The normalized spacial score (nSPS) is 14.1. The maximum absolute atomic E-state index is 13.9. The smallest absolute Gasteiger partial charge is 0.255 e. The number of carbonyl (C=O) groups is 2. The monoisotopic (exact) mass is 417 g/mol. The highest BCUT2D eigenvalue weighted by molar-refractivity contribution is 5.97. The summed E-state index contributed by atoms with van der Waals surface area (Å²) in [6.07, 6.45) is 2.61. The van der Waals surface area contributed by atoms with Crippen LogP contribution in [-0.2, 0) is 4.79 Å². The average Bonchev–Trinajstić information content (AvgIpc) is 3.27. The lowest BCUT2D eigenvalue weighted by atomic mass is 9.95. The van der Waals surface area contributed by atoms with Crippen molar-refractivity contribution in [2.24, 2.45) is 5.92 Å². The van der Waals surface area contributed by atoms with Gasteiger partial charge in [-0.2, -0.15) is 5.26 Å². The van der Waals surface area contributed by atoms with Gasteiger partial charge in [-0.15, -0.1) is 5.10 Å². The second kappa shape index (κ2) is 8.79. The van der Waals surface area contributed by atoms with Crippen molar-refractivity contribution < 1.29 is 14.0 Å². The topological polar surface area (TPSA) is 91.0 Å². The highest BCUT2D eigenvalue weighted by atomic mass is 19.1. The number of amides is 2. The van der Waals surface area contributed by atoms with Crippen molar-refractivity contribution in [3.05, 3.63) is 77.7 Å². The fourth-order valence-electron chi connectivity index (χ4n) is 3.67. The molecule has 0 unspecified atom stereocenters. The van der Waals surface area contributed by atoms with Gasteiger partial charge in [-0.05, 0) is 37.1 Å². The van der Waals surface area contributed by atoms with Crippen molar-refractivity contribution in [2.75, 3.05) is 18.4 Å². The van der Waals surface area contributed by atoms with Gasteiger partial charge in [0.1, 0.15) is 11.5 Å². The molecule has 0 aliphatic carbocycles. The molecule has 2 heterocycles. The summed E-state index contributed by atoms with van der Waals surface area (Å²) in [5.41, 5.74) is 1.02. The number of halogens is 1. The van der Waals surface area contributed by atoms with Crippen molar-refractivity contribution in [3.8, 4) is 11.8 Å². The molecule has 0 radical (unpaired) electrons. The van der Waals surface area contributed by atoms with E-state index in [0.29, 0.717) is 48.6 Å². The van der Waals surface area contributed by atoms with Gasteiger partial charge in [-0.3, -0.25) is 9.59 Å². The number of aromatic nitrogens is 2. The van der Waals surface area contributed by atoms with Crippen LogP contribution in [0, 0.1) is 23.1 Å². The maximum Gasteiger partial charge on any atom is 0.255 e. The number of para-hydroxylation sites is 1. The lowest BCUT2D eigenvalue weighted by Gasteiger charge is -2.31. The van der Waals surface area contributed by atoms with Crippen LogP contribution in [0.5, 0.6) is 0 Å². The van der Waals surface area contributed by atoms with Crippen LogP contribution in [0.4, 0.5) is 10.2 Å². The van der Waals surface area contributed by atoms with Gasteiger partial charge in [0.05, 0.1) is 17.2 Å². The molecule has 0 atom stereocenters. The summed E-state index contributed by atoms with van der Waals surface area (Å²) < 4.78 is 15.3. The molecule has 1 aliphatic heterocycles. The van der Waals surface area contributed by atoms with E-state index in [1.807, 2.05) is 6.07 Å². The molecule has 7 nitrogen and oxygen atoms in total. The van der Waals surface area contributed by atoms with Crippen LogP contribution in [-0.4, -0.2) is 39.6 Å². The van der Waals surface area contributed by atoms with Crippen molar-refractivity contribution in [2.45, 2.75) is 12.8 Å². The third-order valence-corrected chi connectivity index (χ3v) is 5.37. The number of carbonyl (C=O) groups excluding carboxylic acids is 2. The fraction of sp³-hybridized carbons (Fsp3) is 0.217. The van der Waals surface area contributed by atoms with Crippen LogP contribution < -0.4 is 5.32 Å². The Hall–Kier alpha value is -3.99. The van der Waals surface area contributed by atoms with Crippen molar-refractivity contribution >= 4 is 17.6 Å². The lowest BCUT2D eigenvalue weighted by Crippen LogP contribution is -2.41. The molecule has 1 saturated heterocycles. The summed E-state index contributed by atoms with van der Waals surface area (Å²) in [5, 5.41) is 16.2. The van der Waals surface area contributed by atoms with E-state index >= 15 is 0 Å². The first-order chi connectivity index (χ1) is 15.1. The van der Waals surface area contributed by atoms with E-state index in [2.05, 4.69) is 10.4 Å². The minimum atomic E-state index is -0.404. The van der Waals surface area contributed by atoms with Gasteiger partial charge < -0.3 is 10.2 Å². The number of rotatable bonds is 4. The number of hydrogen-bond acceptors (Lipinski definition) is 4. The van der Waals surface area contributed by atoms with Crippen LogP contribution in [0.1, 0.15) is 28.8 Å². The predicted molar refractivity (Wildman–Crippen MR) is 112 cm³/mol.